The third-order valence-electron chi connectivity index (χ3n) is 5.68. The SMILES string of the molecule is CCC1CNC(C(C)(C)C)CN1CC1(C(C)C)CC1. The fraction of sp³-hybridized carbons (Fsp3) is 1.00. The van der Waals surface area contributed by atoms with Crippen LogP contribution in [0.15, 0.2) is 0 Å². The molecule has 1 heterocycles. The lowest BCUT2D eigenvalue weighted by Crippen LogP contribution is -2.61. The molecule has 2 heteroatoms. The quantitative estimate of drug-likeness (QED) is 0.837. The highest BCUT2D eigenvalue weighted by molar-refractivity contribution is 5.01. The first-order valence-corrected chi connectivity index (χ1v) is 8.26. The Morgan fingerprint density at radius 1 is 1.26 bits per heavy atom. The molecule has 1 aliphatic carbocycles. The Kier molecular flexibility index (Phi) is 4.32. The van der Waals surface area contributed by atoms with Crippen LogP contribution in [0.3, 0.4) is 0 Å². The van der Waals surface area contributed by atoms with Crippen LogP contribution in [0.25, 0.3) is 0 Å². The minimum Gasteiger partial charge on any atom is -0.311 e. The van der Waals surface area contributed by atoms with Crippen molar-refractivity contribution in [3.05, 3.63) is 0 Å². The van der Waals surface area contributed by atoms with E-state index in [1.807, 2.05) is 0 Å². The second-order valence-corrected chi connectivity index (χ2v) is 8.34. The summed E-state index contributed by atoms with van der Waals surface area (Å²) in [6.45, 7) is 18.0. The van der Waals surface area contributed by atoms with Crippen molar-refractivity contribution in [2.45, 2.75) is 72.9 Å². The predicted molar refractivity (Wildman–Crippen MR) is 83.4 cm³/mol. The minimum absolute atomic E-state index is 0.367. The molecule has 0 bridgehead atoms. The van der Waals surface area contributed by atoms with Gasteiger partial charge in [0.1, 0.15) is 0 Å². The molecule has 19 heavy (non-hydrogen) atoms. The van der Waals surface area contributed by atoms with Crippen molar-refractivity contribution in [2.75, 3.05) is 19.6 Å². The smallest absolute Gasteiger partial charge is 0.0244 e. The van der Waals surface area contributed by atoms with Crippen LogP contribution in [0.4, 0.5) is 0 Å². The van der Waals surface area contributed by atoms with Gasteiger partial charge in [0.2, 0.25) is 0 Å². The molecule has 2 atom stereocenters. The van der Waals surface area contributed by atoms with Crippen LogP contribution in [0.1, 0.15) is 60.8 Å². The summed E-state index contributed by atoms with van der Waals surface area (Å²) in [7, 11) is 0. The molecule has 0 aromatic heterocycles. The van der Waals surface area contributed by atoms with E-state index in [4.69, 9.17) is 0 Å². The van der Waals surface area contributed by atoms with E-state index in [0.717, 1.165) is 12.0 Å². The average molecular weight is 266 g/mol. The molecule has 0 radical (unpaired) electrons. The maximum Gasteiger partial charge on any atom is 0.0244 e. The van der Waals surface area contributed by atoms with Gasteiger partial charge in [0.05, 0.1) is 0 Å². The highest BCUT2D eigenvalue weighted by Gasteiger charge is 2.48. The molecule has 2 rings (SSSR count). The standard InChI is InChI=1S/C17H34N2/c1-7-14-10-18-15(16(4,5)6)11-19(14)12-17(8-9-17)13(2)3/h13-15,18H,7-12H2,1-6H3. The van der Waals surface area contributed by atoms with Crippen molar-refractivity contribution in [1.82, 2.24) is 10.2 Å². The highest BCUT2D eigenvalue weighted by Crippen LogP contribution is 2.52. The van der Waals surface area contributed by atoms with Gasteiger partial charge in [-0.15, -0.1) is 0 Å². The van der Waals surface area contributed by atoms with Gasteiger partial charge >= 0.3 is 0 Å². The lowest BCUT2D eigenvalue weighted by Gasteiger charge is -2.46. The van der Waals surface area contributed by atoms with E-state index >= 15 is 0 Å². The maximum atomic E-state index is 3.78. The van der Waals surface area contributed by atoms with E-state index in [9.17, 15) is 0 Å². The average Bonchev–Trinajstić information content (AvgIpc) is 3.09. The van der Waals surface area contributed by atoms with E-state index in [1.54, 1.807) is 0 Å². The molecule has 0 aromatic rings. The van der Waals surface area contributed by atoms with Crippen molar-refractivity contribution in [1.29, 1.82) is 0 Å². The van der Waals surface area contributed by atoms with Crippen LogP contribution in [0, 0.1) is 16.7 Å². The van der Waals surface area contributed by atoms with Crippen LogP contribution in [0.5, 0.6) is 0 Å². The molecule has 2 unspecified atom stereocenters. The van der Waals surface area contributed by atoms with Gasteiger partial charge in [0.25, 0.3) is 0 Å². The third-order valence-corrected chi connectivity index (χ3v) is 5.68. The fourth-order valence-corrected chi connectivity index (χ4v) is 3.51. The number of nitrogens with one attached hydrogen (secondary N) is 1. The molecular weight excluding hydrogens is 232 g/mol. The van der Waals surface area contributed by atoms with Gasteiger partial charge in [-0.25, -0.2) is 0 Å². The van der Waals surface area contributed by atoms with Crippen molar-refractivity contribution in [3.8, 4) is 0 Å². The lowest BCUT2D eigenvalue weighted by atomic mass is 9.83. The number of hydrogen-bond donors (Lipinski definition) is 1. The van der Waals surface area contributed by atoms with E-state index in [2.05, 4.69) is 51.8 Å². The van der Waals surface area contributed by atoms with E-state index in [0.29, 0.717) is 16.9 Å². The second kappa shape index (κ2) is 5.37. The largest absolute Gasteiger partial charge is 0.311 e. The molecule has 1 aliphatic heterocycles. The van der Waals surface area contributed by atoms with Crippen LogP contribution in [-0.2, 0) is 0 Å². The zero-order valence-electron chi connectivity index (χ0n) is 13.9. The molecule has 2 aliphatic rings. The highest BCUT2D eigenvalue weighted by atomic mass is 15.2. The van der Waals surface area contributed by atoms with E-state index in [1.165, 1.54) is 38.9 Å². The summed E-state index contributed by atoms with van der Waals surface area (Å²) in [5.41, 5.74) is 1.01. The van der Waals surface area contributed by atoms with Crippen LogP contribution in [-0.4, -0.2) is 36.6 Å². The molecule has 2 fully saturated rings. The fourth-order valence-electron chi connectivity index (χ4n) is 3.51. The van der Waals surface area contributed by atoms with Crippen molar-refractivity contribution in [2.24, 2.45) is 16.7 Å². The summed E-state index contributed by atoms with van der Waals surface area (Å²) in [5.74, 6) is 0.841. The Bertz CT molecular complexity index is 299. The van der Waals surface area contributed by atoms with Gasteiger partial charge < -0.3 is 5.32 Å². The van der Waals surface area contributed by atoms with Gasteiger partial charge in [0, 0.05) is 31.7 Å². The second-order valence-electron chi connectivity index (χ2n) is 8.34. The lowest BCUT2D eigenvalue weighted by molar-refractivity contribution is 0.0571. The van der Waals surface area contributed by atoms with E-state index < -0.39 is 0 Å². The molecule has 0 spiro atoms. The van der Waals surface area contributed by atoms with Crippen LogP contribution >= 0.6 is 0 Å². The molecule has 112 valence electrons. The number of nitrogens with zero attached hydrogens (tertiary/aromatic N) is 1. The molecule has 2 nitrogen and oxygen atoms in total. The molecule has 1 saturated carbocycles. The summed E-state index contributed by atoms with van der Waals surface area (Å²) in [6.07, 6.45) is 4.18. The topological polar surface area (TPSA) is 15.3 Å². The first kappa shape index (κ1) is 15.3. The van der Waals surface area contributed by atoms with Gasteiger partial charge in [-0.05, 0) is 36.0 Å². The van der Waals surface area contributed by atoms with Gasteiger partial charge in [-0.3, -0.25) is 4.90 Å². The molecule has 0 amide bonds. The van der Waals surface area contributed by atoms with Crippen molar-refractivity contribution >= 4 is 0 Å². The summed E-state index contributed by atoms with van der Waals surface area (Å²) in [6, 6.07) is 1.38. The number of hydrogen-bond acceptors (Lipinski definition) is 2. The van der Waals surface area contributed by atoms with E-state index in [-0.39, 0.29) is 0 Å². The zero-order valence-corrected chi connectivity index (χ0v) is 13.9. The molecule has 1 saturated heterocycles. The van der Waals surface area contributed by atoms with Gasteiger partial charge in [-0.2, -0.15) is 0 Å². The summed E-state index contributed by atoms with van der Waals surface area (Å²) < 4.78 is 0. The van der Waals surface area contributed by atoms with Gasteiger partial charge in [-0.1, -0.05) is 41.5 Å². The normalized spacial score (nSPS) is 31.7. The Morgan fingerprint density at radius 3 is 2.32 bits per heavy atom. The minimum atomic E-state index is 0.367. The Hall–Kier alpha value is -0.0800. The molecule has 0 aromatic carbocycles. The first-order valence-electron chi connectivity index (χ1n) is 8.26. The summed E-state index contributed by atoms with van der Waals surface area (Å²) >= 11 is 0. The van der Waals surface area contributed by atoms with Gasteiger partial charge in [0.15, 0.2) is 0 Å². The maximum absolute atomic E-state index is 3.78. The van der Waals surface area contributed by atoms with Crippen molar-refractivity contribution < 1.29 is 0 Å². The molecule has 1 N–H and O–H groups in total. The Morgan fingerprint density at radius 2 is 1.89 bits per heavy atom. The predicted octanol–water partition coefficient (Wildman–Crippen LogP) is 3.52. The monoisotopic (exact) mass is 266 g/mol. The number of piperazine rings is 1. The summed E-state index contributed by atoms with van der Waals surface area (Å²) in [5, 5.41) is 3.78. The Balaban J connectivity index is 2.02. The van der Waals surface area contributed by atoms with Crippen LogP contribution < -0.4 is 5.32 Å². The number of rotatable bonds is 4. The third kappa shape index (κ3) is 3.33. The van der Waals surface area contributed by atoms with Crippen molar-refractivity contribution in [3.63, 3.8) is 0 Å². The Labute approximate surface area is 120 Å². The first-order chi connectivity index (χ1) is 8.78. The molecular formula is C17H34N2. The zero-order chi connectivity index (χ0) is 14.3. The summed E-state index contributed by atoms with van der Waals surface area (Å²) in [4.78, 5) is 2.80. The van der Waals surface area contributed by atoms with Crippen LogP contribution in [0.2, 0.25) is 0 Å².